The minimum atomic E-state index is -1.08. The van der Waals surface area contributed by atoms with Crippen LogP contribution in [0.15, 0.2) is 30.4 Å². The Morgan fingerprint density at radius 3 is 2.24 bits per heavy atom. The summed E-state index contributed by atoms with van der Waals surface area (Å²) in [4.78, 5) is 43.7. The first-order valence-corrected chi connectivity index (χ1v) is 14.3. The Morgan fingerprint density at radius 2 is 1.57 bits per heavy atom. The van der Waals surface area contributed by atoms with Gasteiger partial charge in [-0.15, -0.1) is 0 Å². The summed E-state index contributed by atoms with van der Waals surface area (Å²) in [6, 6.07) is 5.38. The van der Waals surface area contributed by atoms with Crippen molar-refractivity contribution in [2.75, 3.05) is 5.32 Å². The van der Waals surface area contributed by atoms with Gasteiger partial charge in [0.1, 0.15) is 11.6 Å². The SMILES string of the molecule is Cc1cc(C)cc(NC(=O)[C@@H]2[C@@H]3C=C[C@]4(O3)[C@@H]2C(=O)N(C2CCCCC2)[C@@H]4C(=O)NC2CCCCC2)c1. The second-order valence-corrected chi connectivity index (χ2v) is 11.9. The maximum absolute atomic E-state index is 14.2. The van der Waals surface area contributed by atoms with Gasteiger partial charge < -0.3 is 20.3 Å². The molecule has 5 atom stereocenters. The van der Waals surface area contributed by atoms with E-state index in [0.29, 0.717) is 0 Å². The number of likely N-dealkylation sites (tertiary alicyclic amines) is 1. The van der Waals surface area contributed by atoms with Crippen LogP contribution in [0.25, 0.3) is 0 Å². The van der Waals surface area contributed by atoms with Gasteiger partial charge in [-0.2, -0.15) is 0 Å². The summed E-state index contributed by atoms with van der Waals surface area (Å²) in [6.45, 7) is 4.00. The summed E-state index contributed by atoms with van der Waals surface area (Å²) >= 11 is 0. The molecule has 0 aromatic heterocycles. The number of carbonyl (C=O) groups excluding carboxylic acids is 3. The van der Waals surface area contributed by atoms with E-state index in [9.17, 15) is 14.4 Å². The number of carbonyl (C=O) groups is 3. The molecule has 1 aromatic rings. The highest BCUT2D eigenvalue weighted by Crippen LogP contribution is 2.56. The van der Waals surface area contributed by atoms with Crippen molar-refractivity contribution in [3.8, 4) is 0 Å². The lowest BCUT2D eigenvalue weighted by molar-refractivity contribution is -0.144. The van der Waals surface area contributed by atoms with Crippen molar-refractivity contribution in [1.29, 1.82) is 0 Å². The molecule has 5 aliphatic rings. The molecule has 2 N–H and O–H groups in total. The number of nitrogens with zero attached hydrogens (tertiary/aromatic N) is 1. The zero-order chi connectivity index (χ0) is 25.7. The summed E-state index contributed by atoms with van der Waals surface area (Å²) in [5.74, 6) is -1.76. The molecule has 0 radical (unpaired) electrons. The fourth-order valence-corrected chi connectivity index (χ4v) is 7.76. The van der Waals surface area contributed by atoms with Gasteiger partial charge >= 0.3 is 0 Å². The molecule has 0 unspecified atom stereocenters. The van der Waals surface area contributed by atoms with Gasteiger partial charge in [0.2, 0.25) is 17.7 Å². The van der Waals surface area contributed by atoms with Gasteiger partial charge in [0.15, 0.2) is 0 Å². The van der Waals surface area contributed by atoms with Gasteiger partial charge in [0, 0.05) is 17.8 Å². The second-order valence-electron chi connectivity index (χ2n) is 11.9. The summed E-state index contributed by atoms with van der Waals surface area (Å²) in [5.41, 5.74) is 1.78. The van der Waals surface area contributed by atoms with Crippen LogP contribution in [0.5, 0.6) is 0 Å². The average molecular weight is 506 g/mol. The molecule has 2 bridgehead atoms. The number of aryl methyl sites for hydroxylation is 2. The second kappa shape index (κ2) is 9.57. The van der Waals surface area contributed by atoms with Crippen molar-refractivity contribution in [3.05, 3.63) is 41.5 Å². The van der Waals surface area contributed by atoms with E-state index in [2.05, 4.69) is 16.7 Å². The molecular formula is C30H39N3O4. The molecule has 2 saturated heterocycles. The number of ether oxygens (including phenoxy) is 1. The van der Waals surface area contributed by atoms with Crippen molar-refractivity contribution in [2.24, 2.45) is 11.8 Å². The average Bonchev–Trinajstić information content (AvgIpc) is 3.52. The number of anilines is 1. The molecule has 37 heavy (non-hydrogen) atoms. The zero-order valence-electron chi connectivity index (χ0n) is 22.0. The van der Waals surface area contributed by atoms with Crippen LogP contribution in [0, 0.1) is 25.7 Å². The van der Waals surface area contributed by atoms with Crippen LogP contribution < -0.4 is 10.6 Å². The fourth-order valence-electron chi connectivity index (χ4n) is 7.76. The van der Waals surface area contributed by atoms with Gasteiger partial charge in [0.25, 0.3) is 0 Å². The number of hydrogen-bond donors (Lipinski definition) is 2. The molecule has 1 spiro atoms. The summed E-state index contributed by atoms with van der Waals surface area (Å²) in [5, 5.41) is 6.35. The first-order valence-electron chi connectivity index (χ1n) is 14.3. The molecule has 3 heterocycles. The number of fused-ring (bicyclic) bond motifs is 1. The Morgan fingerprint density at radius 1 is 0.919 bits per heavy atom. The molecule has 3 aliphatic heterocycles. The normalized spacial score (nSPS) is 33.6. The molecule has 6 rings (SSSR count). The van der Waals surface area contributed by atoms with E-state index in [1.807, 2.05) is 43.0 Å². The number of rotatable bonds is 5. The highest BCUT2D eigenvalue weighted by Gasteiger charge is 2.73. The highest BCUT2D eigenvalue weighted by molar-refractivity contribution is 6.03. The standard InChI is InChI=1S/C30H39N3O4/c1-18-15-19(2)17-21(16-18)32-27(34)24-23-13-14-30(37-23)25(24)29(36)33(22-11-7-4-8-12-22)26(30)28(35)31-20-9-5-3-6-10-20/h13-17,20,22-26H,3-12H2,1-2H3,(H,31,35)(H,32,34)/t23-,24+,25-,26+,30-/m0/s1. The predicted octanol–water partition coefficient (Wildman–Crippen LogP) is 4.17. The Labute approximate surface area is 219 Å². The summed E-state index contributed by atoms with van der Waals surface area (Å²) in [6.07, 6.45) is 13.8. The van der Waals surface area contributed by atoms with Crippen LogP contribution in [0.4, 0.5) is 5.69 Å². The Kier molecular flexibility index (Phi) is 6.38. The van der Waals surface area contributed by atoms with Crippen molar-refractivity contribution in [2.45, 2.75) is 108 Å². The molecule has 7 heteroatoms. The minimum absolute atomic E-state index is 0.0162. The van der Waals surface area contributed by atoms with Crippen molar-refractivity contribution in [1.82, 2.24) is 10.2 Å². The number of amides is 3. The molecule has 7 nitrogen and oxygen atoms in total. The van der Waals surface area contributed by atoms with E-state index in [1.54, 1.807) is 0 Å². The van der Waals surface area contributed by atoms with Crippen LogP contribution >= 0.6 is 0 Å². The lowest BCUT2D eigenvalue weighted by Gasteiger charge is -2.39. The van der Waals surface area contributed by atoms with Gasteiger partial charge in [-0.05, 0) is 62.8 Å². The van der Waals surface area contributed by atoms with Gasteiger partial charge in [-0.1, -0.05) is 56.7 Å². The Bertz CT molecular complexity index is 1100. The zero-order valence-corrected chi connectivity index (χ0v) is 22.0. The first kappa shape index (κ1) is 24.7. The molecule has 198 valence electrons. The maximum atomic E-state index is 14.2. The maximum Gasteiger partial charge on any atom is 0.246 e. The van der Waals surface area contributed by atoms with Crippen molar-refractivity contribution >= 4 is 23.4 Å². The fraction of sp³-hybridized carbons (Fsp3) is 0.633. The molecular weight excluding hydrogens is 466 g/mol. The van der Waals surface area contributed by atoms with E-state index in [4.69, 9.17) is 4.74 Å². The molecule has 1 aromatic carbocycles. The molecule has 3 amide bonds. The van der Waals surface area contributed by atoms with Crippen LogP contribution in [0.1, 0.15) is 75.3 Å². The van der Waals surface area contributed by atoms with E-state index in [1.165, 1.54) is 6.42 Å². The van der Waals surface area contributed by atoms with Gasteiger partial charge in [-0.3, -0.25) is 14.4 Å². The smallest absolute Gasteiger partial charge is 0.246 e. The van der Waals surface area contributed by atoms with Crippen LogP contribution in [-0.2, 0) is 19.1 Å². The lowest BCUT2D eigenvalue weighted by atomic mass is 9.74. The Hall–Kier alpha value is -2.67. The van der Waals surface area contributed by atoms with Crippen molar-refractivity contribution in [3.63, 3.8) is 0 Å². The summed E-state index contributed by atoms with van der Waals surface area (Å²) < 4.78 is 6.52. The largest absolute Gasteiger partial charge is 0.359 e. The third-order valence-corrected chi connectivity index (χ3v) is 9.27. The monoisotopic (exact) mass is 505 g/mol. The number of hydrogen-bond acceptors (Lipinski definition) is 4. The van der Waals surface area contributed by atoms with Gasteiger partial charge in [0.05, 0.1) is 17.9 Å². The van der Waals surface area contributed by atoms with Crippen LogP contribution in [0.3, 0.4) is 0 Å². The third kappa shape index (κ3) is 4.19. The number of benzene rings is 1. The van der Waals surface area contributed by atoms with E-state index in [0.717, 1.165) is 74.6 Å². The van der Waals surface area contributed by atoms with Crippen LogP contribution in [-0.4, -0.2) is 52.5 Å². The van der Waals surface area contributed by atoms with Gasteiger partial charge in [-0.25, -0.2) is 0 Å². The van der Waals surface area contributed by atoms with E-state index in [-0.39, 0.29) is 29.8 Å². The van der Waals surface area contributed by atoms with E-state index < -0.39 is 29.6 Å². The summed E-state index contributed by atoms with van der Waals surface area (Å²) in [7, 11) is 0. The third-order valence-electron chi connectivity index (χ3n) is 9.27. The minimum Gasteiger partial charge on any atom is -0.359 e. The quantitative estimate of drug-likeness (QED) is 0.588. The molecule has 2 aliphatic carbocycles. The molecule has 4 fully saturated rings. The van der Waals surface area contributed by atoms with Crippen molar-refractivity contribution < 1.29 is 19.1 Å². The van der Waals surface area contributed by atoms with Crippen LogP contribution in [0.2, 0.25) is 0 Å². The highest BCUT2D eigenvalue weighted by atomic mass is 16.5. The molecule has 2 saturated carbocycles. The first-order chi connectivity index (χ1) is 17.9. The van der Waals surface area contributed by atoms with E-state index >= 15 is 0 Å². The lowest BCUT2D eigenvalue weighted by Crippen LogP contribution is -2.58. The number of nitrogens with one attached hydrogen (secondary N) is 2. The topological polar surface area (TPSA) is 87.7 Å². The predicted molar refractivity (Wildman–Crippen MR) is 141 cm³/mol. The Balaban J connectivity index is 1.32.